The van der Waals surface area contributed by atoms with Crippen LogP contribution in [-0.4, -0.2) is 25.8 Å². The first-order chi connectivity index (χ1) is 5.77. The third-order valence-electron chi connectivity index (χ3n) is 1.62. The lowest BCUT2D eigenvalue weighted by Gasteiger charge is -2.07. The lowest BCUT2D eigenvalue weighted by atomic mass is 10.3. The number of ether oxygens (including phenoxy) is 1. The van der Waals surface area contributed by atoms with Crippen LogP contribution >= 0.6 is 0 Å². The molecule has 0 aromatic rings. The summed E-state index contributed by atoms with van der Waals surface area (Å²) in [6.45, 7) is 9.44. The summed E-state index contributed by atoms with van der Waals surface area (Å²) in [5, 5.41) is 3.38. The Balaban J connectivity index is 0. The molecule has 0 heterocycles. The summed E-state index contributed by atoms with van der Waals surface area (Å²) >= 11 is 0. The lowest BCUT2D eigenvalue weighted by Crippen LogP contribution is -2.23. The largest absolute Gasteiger partial charge is 0.381 e. The predicted octanol–water partition coefficient (Wildman–Crippen LogP) is 2.44. The molecule has 0 fully saturated rings. The molecule has 0 radical (unpaired) electrons. The van der Waals surface area contributed by atoms with Crippen molar-refractivity contribution in [1.29, 1.82) is 0 Å². The van der Waals surface area contributed by atoms with E-state index in [4.69, 9.17) is 4.74 Å². The van der Waals surface area contributed by atoms with E-state index >= 15 is 0 Å². The van der Waals surface area contributed by atoms with Crippen LogP contribution in [0.15, 0.2) is 0 Å². The third kappa shape index (κ3) is 9.92. The van der Waals surface area contributed by atoms with Crippen molar-refractivity contribution < 1.29 is 6.16 Å². The van der Waals surface area contributed by atoms with Gasteiger partial charge in [-0.15, -0.1) is 0 Å². The molecule has 2 heteroatoms. The van der Waals surface area contributed by atoms with Crippen molar-refractivity contribution in [3.05, 3.63) is 0 Å². The summed E-state index contributed by atoms with van der Waals surface area (Å²) < 4.78 is 5.36. The van der Waals surface area contributed by atoms with Crippen molar-refractivity contribution in [2.24, 2.45) is 0 Å². The molecular weight excluding hydrogens is 150 g/mol. The van der Waals surface area contributed by atoms with Crippen molar-refractivity contribution >= 4 is 0 Å². The summed E-state index contributed by atoms with van der Waals surface area (Å²) in [5.41, 5.74) is 0. The monoisotopic (exact) mass is 175 g/mol. The molecule has 0 rings (SSSR count). The summed E-state index contributed by atoms with van der Waals surface area (Å²) in [7, 11) is 0. The highest BCUT2D eigenvalue weighted by Gasteiger charge is 1.91. The minimum atomic E-state index is 0. The fourth-order valence-corrected chi connectivity index (χ4v) is 0.966. The van der Waals surface area contributed by atoms with Gasteiger partial charge >= 0.3 is 0 Å². The maximum atomic E-state index is 5.36. The SMILES string of the molecule is CCCOCCCCNC(C)C.[HH]. The molecule has 0 aliphatic rings. The van der Waals surface area contributed by atoms with Crippen LogP contribution in [0.5, 0.6) is 0 Å². The highest BCUT2D eigenvalue weighted by Crippen LogP contribution is 1.90. The molecule has 0 unspecified atom stereocenters. The first-order valence-corrected chi connectivity index (χ1v) is 5.08. The molecule has 0 bridgehead atoms. The smallest absolute Gasteiger partial charge is 0.0466 e. The average molecular weight is 175 g/mol. The molecule has 0 amide bonds. The van der Waals surface area contributed by atoms with Crippen LogP contribution in [0.2, 0.25) is 0 Å². The summed E-state index contributed by atoms with van der Waals surface area (Å²) in [6.07, 6.45) is 3.53. The molecule has 0 saturated heterocycles. The maximum Gasteiger partial charge on any atom is 0.0466 e. The van der Waals surface area contributed by atoms with Gasteiger partial charge in [-0.1, -0.05) is 20.8 Å². The quantitative estimate of drug-likeness (QED) is 0.572. The Morgan fingerprint density at radius 3 is 2.58 bits per heavy atom. The van der Waals surface area contributed by atoms with Crippen LogP contribution in [0.3, 0.4) is 0 Å². The highest BCUT2D eigenvalue weighted by molar-refractivity contribution is 4.52. The highest BCUT2D eigenvalue weighted by atomic mass is 16.5. The number of hydrogen-bond acceptors (Lipinski definition) is 2. The van der Waals surface area contributed by atoms with Crippen LogP contribution in [0, 0.1) is 0 Å². The Kier molecular flexibility index (Phi) is 8.95. The van der Waals surface area contributed by atoms with Gasteiger partial charge in [-0.2, -0.15) is 0 Å². The Morgan fingerprint density at radius 1 is 1.25 bits per heavy atom. The minimum Gasteiger partial charge on any atom is -0.381 e. The van der Waals surface area contributed by atoms with Crippen LogP contribution in [-0.2, 0) is 4.74 Å². The van der Waals surface area contributed by atoms with Gasteiger partial charge in [-0.05, 0) is 25.8 Å². The molecule has 0 aromatic carbocycles. The predicted molar refractivity (Wildman–Crippen MR) is 55.6 cm³/mol. The van der Waals surface area contributed by atoms with E-state index < -0.39 is 0 Å². The van der Waals surface area contributed by atoms with E-state index in [9.17, 15) is 0 Å². The fraction of sp³-hybridized carbons (Fsp3) is 1.00. The Labute approximate surface area is 78.2 Å². The van der Waals surface area contributed by atoms with E-state index in [2.05, 4.69) is 26.1 Å². The van der Waals surface area contributed by atoms with E-state index in [1.54, 1.807) is 0 Å². The zero-order valence-electron chi connectivity index (χ0n) is 8.73. The Morgan fingerprint density at radius 2 is 2.00 bits per heavy atom. The number of unbranched alkanes of at least 4 members (excludes halogenated alkanes) is 1. The van der Waals surface area contributed by atoms with E-state index in [1.807, 2.05) is 0 Å². The second kappa shape index (κ2) is 9.01. The zero-order valence-corrected chi connectivity index (χ0v) is 8.73. The van der Waals surface area contributed by atoms with Crippen LogP contribution in [0.4, 0.5) is 0 Å². The molecule has 76 valence electrons. The van der Waals surface area contributed by atoms with Gasteiger partial charge in [0.15, 0.2) is 0 Å². The average Bonchev–Trinajstić information content (AvgIpc) is 2.02. The van der Waals surface area contributed by atoms with Gasteiger partial charge in [0.05, 0.1) is 0 Å². The number of hydrogen-bond donors (Lipinski definition) is 1. The van der Waals surface area contributed by atoms with Crippen molar-refractivity contribution in [1.82, 2.24) is 5.32 Å². The van der Waals surface area contributed by atoms with Crippen molar-refractivity contribution in [2.75, 3.05) is 19.8 Å². The molecule has 0 saturated carbocycles. The Hall–Kier alpha value is -0.0800. The second-order valence-electron chi connectivity index (χ2n) is 3.43. The fourth-order valence-electron chi connectivity index (χ4n) is 0.966. The van der Waals surface area contributed by atoms with Crippen LogP contribution in [0.25, 0.3) is 0 Å². The zero-order chi connectivity index (χ0) is 9.23. The molecule has 12 heavy (non-hydrogen) atoms. The van der Waals surface area contributed by atoms with E-state index in [0.717, 1.165) is 26.2 Å². The van der Waals surface area contributed by atoms with Gasteiger partial charge in [-0.25, -0.2) is 0 Å². The van der Waals surface area contributed by atoms with E-state index in [1.165, 1.54) is 12.8 Å². The molecule has 0 atom stereocenters. The summed E-state index contributed by atoms with van der Waals surface area (Å²) in [5.74, 6) is 0. The van der Waals surface area contributed by atoms with Gasteiger partial charge in [0.1, 0.15) is 0 Å². The first kappa shape index (κ1) is 11.9. The number of rotatable bonds is 8. The third-order valence-corrected chi connectivity index (χ3v) is 1.62. The van der Waals surface area contributed by atoms with Gasteiger partial charge in [0, 0.05) is 20.7 Å². The molecule has 0 spiro atoms. The minimum absolute atomic E-state index is 0. The normalized spacial score (nSPS) is 11.0. The van der Waals surface area contributed by atoms with Crippen molar-refractivity contribution in [2.45, 2.75) is 46.1 Å². The standard InChI is InChI=1S/C10H23NO.H2/c1-4-8-12-9-6-5-7-11-10(2)3;/h10-11H,4-9H2,1-3H3;1H. The number of nitrogens with one attached hydrogen (secondary N) is 1. The summed E-state index contributed by atoms with van der Waals surface area (Å²) in [6, 6.07) is 0.613. The molecule has 0 aromatic heterocycles. The van der Waals surface area contributed by atoms with Gasteiger partial charge < -0.3 is 10.1 Å². The summed E-state index contributed by atoms with van der Waals surface area (Å²) in [4.78, 5) is 0. The van der Waals surface area contributed by atoms with Crippen LogP contribution in [0.1, 0.15) is 41.5 Å². The second-order valence-corrected chi connectivity index (χ2v) is 3.43. The van der Waals surface area contributed by atoms with Gasteiger partial charge in [0.25, 0.3) is 0 Å². The van der Waals surface area contributed by atoms with Crippen LogP contribution < -0.4 is 5.32 Å². The molecule has 2 nitrogen and oxygen atoms in total. The van der Waals surface area contributed by atoms with E-state index in [-0.39, 0.29) is 1.43 Å². The topological polar surface area (TPSA) is 21.3 Å². The molecule has 0 aliphatic carbocycles. The molecule has 1 N–H and O–H groups in total. The van der Waals surface area contributed by atoms with Gasteiger partial charge in [0.2, 0.25) is 0 Å². The maximum absolute atomic E-state index is 5.36. The molecule has 0 aliphatic heterocycles. The first-order valence-electron chi connectivity index (χ1n) is 5.08. The van der Waals surface area contributed by atoms with Crippen molar-refractivity contribution in [3.8, 4) is 0 Å². The van der Waals surface area contributed by atoms with Gasteiger partial charge in [-0.3, -0.25) is 0 Å². The Bertz CT molecular complexity index is 89.0. The van der Waals surface area contributed by atoms with Crippen molar-refractivity contribution in [3.63, 3.8) is 0 Å². The lowest BCUT2D eigenvalue weighted by molar-refractivity contribution is 0.131. The molecular formula is C10H25NO. The van der Waals surface area contributed by atoms with E-state index in [0.29, 0.717) is 6.04 Å².